The summed E-state index contributed by atoms with van der Waals surface area (Å²) in [5, 5.41) is 3.02. The van der Waals surface area contributed by atoms with Gasteiger partial charge in [-0.1, -0.05) is 104 Å². The fourth-order valence-electron chi connectivity index (χ4n) is 3.50. The van der Waals surface area contributed by atoms with Gasteiger partial charge in [-0.3, -0.25) is 4.79 Å². The highest BCUT2D eigenvalue weighted by atomic mass is 16.2. The molecule has 0 atom stereocenters. The van der Waals surface area contributed by atoms with Gasteiger partial charge in [-0.05, 0) is 19.9 Å². The molecule has 0 aromatic heterocycles. The lowest BCUT2D eigenvalue weighted by molar-refractivity contribution is -0.130. The Morgan fingerprint density at radius 1 is 0.615 bits per heavy atom. The molecule has 0 rings (SSSR count). The Morgan fingerprint density at radius 3 is 1.31 bits per heavy atom. The Bertz CT molecular complexity index is 274. The van der Waals surface area contributed by atoms with Crippen LogP contribution in [0.5, 0.6) is 0 Å². The summed E-state index contributed by atoms with van der Waals surface area (Å²) in [7, 11) is 1.86. The average Bonchev–Trinajstić information content (AvgIpc) is 2.64. The maximum absolute atomic E-state index is 12.3. The Labute approximate surface area is 164 Å². The molecule has 26 heavy (non-hydrogen) atoms. The van der Waals surface area contributed by atoms with Crippen LogP contribution in [-0.2, 0) is 4.79 Å². The minimum absolute atomic E-state index is 0.276. The van der Waals surface area contributed by atoms with Crippen molar-refractivity contribution in [3.05, 3.63) is 0 Å². The fourth-order valence-corrected chi connectivity index (χ4v) is 3.50. The molecule has 3 heteroatoms. The van der Waals surface area contributed by atoms with E-state index in [0.717, 1.165) is 13.1 Å². The van der Waals surface area contributed by atoms with E-state index in [1.54, 1.807) is 0 Å². The van der Waals surface area contributed by atoms with Gasteiger partial charge in [0.25, 0.3) is 0 Å². The van der Waals surface area contributed by atoms with E-state index in [1.807, 2.05) is 7.05 Å². The normalized spacial score (nSPS) is 11.0. The predicted molar refractivity (Wildman–Crippen MR) is 116 cm³/mol. The van der Waals surface area contributed by atoms with Gasteiger partial charge >= 0.3 is 0 Å². The van der Waals surface area contributed by atoms with E-state index < -0.39 is 0 Å². The van der Waals surface area contributed by atoms with Crippen molar-refractivity contribution in [3.63, 3.8) is 0 Å². The molecule has 156 valence electrons. The van der Waals surface area contributed by atoms with Crippen molar-refractivity contribution in [1.82, 2.24) is 10.2 Å². The largest absolute Gasteiger partial charge is 0.342 e. The molecule has 1 N–H and O–H groups in total. The summed E-state index contributed by atoms with van der Waals surface area (Å²) < 4.78 is 0. The molecule has 0 spiro atoms. The van der Waals surface area contributed by atoms with Crippen LogP contribution in [0.25, 0.3) is 0 Å². The zero-order valence-corrected chi connectivity index (χ0v) is 18.3. The second kappa shape index (κ2) is 20.7. The second-order valence-electron chi connectivity index (χ2n) is 7.86. The van der Waals surface area contributed by atoms with Crippen molar-refractivity contribution in [2.24, 2.45) is 0 Å². The van der Waals surface area contributed by atoms with Crippen molar-refractivity contribution in [2.75, 3.05) is 26.7 Å². The van der Waals surface area contributed by atoms with E-state index >= 15 is 0 Å². The molecule has 0 aromatic rings. The lowest BCUT2D eigenvalue weighted by atomic mass is 10.1. The standard InChI is InChI=1S/C23H48N2O/c1-4-6-8-10-12-14-16-18-20-25(23(26)22-24-3)21-19-17-15-13-11-9-7-5-2/h24H,4-22H2,1-3H3. The number of nitrogens with one attached hydrogen (secondary N) is 1. The smallest absolute Gasteiger partial charge is 0.236 e. The maximum atomic E-state index is 12.3. The topological polar surface area (TPSA) is 32.3 Å². The molecule has 1 amide bonds. The van der Waals surface area contributed by atoms with Crippen LogP contribution in [-0.4, -0.2) is 37.5 Å². The molecule has 0 heterocycles. The van der Waals surface area contributed by atoms with Crippen molar-refractivity contribution >= 4 is 5.91 Å². The Hall–Kier alpha value is -0.570. The van der Waals surface area contributed by atoms with Crippen LogP contribution in [0, 0.1) is 0 Å². The molecule has 0 aliphatic rings. The van der Waals surface area contributed by atoms with Gasteiger partial charge in [0, 0.05) is 13.1 Å². The first kappa shape index (κ1) is 25.4. The fraction of sp³-hybridized carbons (Fsp3) is 0.957. The van der Waals surface area contributed by atoms with Crippen LogP contribution >= 0.6 is 0 Å². The van der Waals surface area contributed by atoms with Gasteiger partial charge in [-0.2, -0.15) is 0 Å². The van der Waals surface area contributed by atoms with Crippen LogP contribution in [0.1, 0.15) is 117 Å². The minimum Gasteiger partial charge on any atom is -0.342 e. The number of unbranched alkanes of at least 4 members (excludes halogenated alkanes) is 14. The number of hydrogen-bond donors (Lipinski definition) is 1. The minimum atomic E-state index is 0.276. The molecule has 3 nitrogen and oxygen atoms in total. The highest BCUT2D eigenvalue weighted by Gasteiger charge is 2.11. The third-order valence-corrected chi connectivity index (χ3v) is 5.24. The lowest BCUT2D eigenvalue weighted by Crippen LogP contribution is -2.38. The number of rotatable bonds is 20. The molecule has 0 bridgehead atoms. The summed E-state index contributed by atoms with van der Waals surface area (Å²) in [6.45, 7) is 6.92. The van der Waals surface area contributed by atoms with E-state index in [4.69, 9.17) is 0 Å². The van der Waals surface area contributed by atoms with Gasteiger partial charge < -0.3 is 10.2 Å². The molecular formula is C23H48N2O. The third kappa shape index (κ3) is 16.9. The van der Waals surface area contributed by atoms with E-state index in [1.165, 1.54) is 103 Å². The van der Waals surface area contributed by atoms with E-state index in [9.17, 15) is 4.79 Å². The summed E-state index contributed by atoms with van der Waals surface area (Å²) in [5.41, 5.74) is 0. The van der Waals surface area contributed by atoms with Crippen LogP contribution in [0.2, 0.25) is 0 Å². The zero-order chi connectivity index (χ0) is 19.3. The molecule has 0 radical (unpaired) electrons. The first-order chi connectivity index (χ1) is 12.8. The summed E-state index contributed by atoms with van der Waals surface area (Å²) in [6.07, 6.45) is 21.2. The van der Waals surface area contributed by atoms with Crippen molar-refractivity contribution in [1.29, 1.82) is 0 Å². The van der Waals surface area contributed by atoms with Gasteiger partial charge in [-0.15, -0.1) is 0 Å². The SMILES string of the molecule is CCCCCCCCCCN(CCCCCCCCCC)C(=O)CNC. The molecule has 0 aliphatic heterocycles. The summed E-state index contributed by atoms with van der Waals surface area (Å²) >= 11 is 0. The molecule has 0 fully saturated rings. The van der Waals surface area contributed by atoms with E-state index in [0.29, 0.717) is 6.54 Å². The Morgan fingerprint density at radius 2 is 0.962 bits per heavy atom. The van der Waals surface area contributed by atoms with Gasteiger partial charge in [0.2, 0.25) is 5.91 Å². The van der Waals surface area contributed by atoms with Crippen molar-refractivity contribution in [2.45, 2.75) is 117 Å². The van der Waals surface area contributed by atoms with Crippen LogP contribution < -0.4 is 5.32 Å². The molecule has 0 saturated heterocycles. The third-order valence-electron chi connectivity index (χ3n) is 5.24. The van der Waals surface area contributed by atoms with Gasteiger partial charge in [-0.25, -0.2) is 0 Å². The van der Waals surface area contributed by atoms with Crippen molar-refractivity contribution in [3.8, 4) is 0 Å². The van der Waals surface area contributed by atoms with Gasteiger partial charge in [0.15, 0.2) is 0 Å². The summed E-state index contributed by atoms with van der Waals surface area (Å²) in [6, 6.07) is 0. The number of carbonyl (C=O) groups excluding carboxylic acids is 1. The predicted octanol–water partition coefficient (Wildman–Crippen LogP) is 6.32. The molecule has 0 saturated carbocycles. The zero-order valence-electron chi connectivity index (χ0n) is 18.3. The van der Waals surface area contributed by atoms with E-state index in [-0.39, 0.29) is 5.91 Å². The van der Waals surface area contributed by atoms with Crippen molar-refractivity contribution < 1.29 is 4.79 Å². The van der Waals surface area contributed by atoms with Gasteiger partial charge in [0.1, 0.15) is 0 Å². The van der Waals surface area contributed by atoms with Crippen LogP contribution in [0.15, 0.2) is 0 Å². The van der Waals surface area contributed by atoms with Crippen LogP contribution in [0.3, 0.4) is 0 Å². The number of likely N-dealkylation sites (N-methyl/N-ethyl adjacent to an activating group) is 1. The first-order valence-corrected chi connectivity index (χ1v) is 11.7. The maximum Gasteiger partial charge on any atom is 0.236 e. The quantitative estimate of drug-likeness (QED) is 0.255. The molecule has 0 unspecified atom stereocenters. The molecular weight excluding hydrogens is 320 g/mol. The monoisotopic (exact) mass is 368 g/mol. The number of hydrogen-bond acceptors (Lipinski definition) is 2. The molecule has 0 aromatic carbocycles. The highest BCUT2D eigenvalue weighted by Crippen LogP contribution is 2.11. The van der Waals surface area contributed by atoms with Gasteiger partial charge in [0.05, 0.1) is 6.54 Å². The first-order valence-electron chi connectivity index (χ1n) is 11.7. The highest BCUT2D eigenvalue weighted by molar-refractivity contribution is 5.78. The average molecular weight is 369 g/mol. The summed E-state index contributed by atoms with van der Waals surface area (Å²) in [5.74, 6) is 0.276. The number of amides is 1. The van der Waals surface area contributed by atoms with E-state index in [2.05, 4.69) is 24.1 Å². The Balaban J connectivity index is 3.76. The second-order valence-corrected chi connectivity index (χ2v) is 7.86. The Kier molecular flexibility index (Phi) is 20.3. The van der Waals surface area contributed by atoms with Crippen LogP contribution in [0.4, 0.5) is 0 Å². The number of carbonyl (C=O) groups is 1. The molecule has 0 aliphatic carbocycles. The number of nitrogens with zero attached hydrogens (tertiary/aromatic N) is 1. The summed E-state index contributed by atoms with van der Waals surface area (Å²) in [4.78, 5) is 14.4. The lowest BCUT2D eigenvalue weighted by Gasteiger charge is -2.23.